The number of tetrazole rings is 1. The van der Waals surface area contributed by atoms with E-state index in [1.807, 2.05) is 27.7 Å². The Balaban J connectivity index is 1.75. The minimum atomic E-state index is 0.230. The average molecular weight is 325 g/mol. The quantitative estimate of drug-likeness (QED) is 0.752. The molecule has 0 bridgehead atoms. The van der Waals surface area contributed by atoms with Gasteiger partial charge in [-0.05, 0) is 55.3 Å². The highest BCUT2D eigenvalue weighted by Gasteiger charge is 2.17. The molecule has 0 aliphatic carbocycles. The molecule has 0 aliphatic heterocycles. The van der Waals surface area contributed by atoms with Crippen LogP contribution in [0.15, 0.2) is 36.7 Å². The molecule has 7 heteroatoms. The van der Waals surface area contributed by atoms with E-state index in [0.717, 1.165) is 22.6 Å². The van der Waals surface area contributed by atoms with Crippen LogP contribution in [0.3, 0.4) is 0 Å². The predicted molar refractivity (Wildman–Crippen MR) is 91.9 cm³/mol. The molecule has 0 amide bonds. The zero-order valence-corrected chi connectivity index (χ0v) is 14.5. The number of para-hydroxylation sites is 1. The molecule has 2 aromatic heterocycles. The van der Waals surface area contributed by atoms with E-state index in [9.17, 15) is 0 Å². The minimum Gasteiger partial charge on any atom is -0.305 e. The maximum Gasteiger partial charge on any atom is 0.170 e. The number of rotatable bonds is 6. The largest absolute Gasteiger partial charge is 0.305 e. The zero-order valence-electron chi connectivity index (χ0n) is 14.5. The molecule has 0 saturated carbocycles. The van der Waals surface area contributed by atoms with E-state index >= 15 is 0 Å². The van der Waals surface area contributed by atoms with E-state index in [4.69, 9.17) is 0 Å². The van der Waals surface area contributed by atoms with Gasteiger partial charge < -0.3 is 5.32 Å². The molecular formula is C17H23N7. The third-order valence-electron chi connectivity index (χ3n) is 4.43. The van der Waals surface area contributed by atoms with Gasteiger partial charge in [0.2, 0.25) is 0 Å². The van der Waals surface area contributed by atoms with Gasteiger partial charge in [0.05, 0.1) is 18.3 Å². The monoisotopic (exact) mass is 325 g/mol. The first-order valence-electron chi connectivity index (χ1n) is 8.14. The van der Waals surface area contributed by atoms with E-state index < -0.39 is 0 Å². The normalized spacial score (nSPS) is 13.8. The van der Waals surface area contributed by atoms with Crippen LogP contribution in [0.25, 0.3) is 5.69 Å². The number of nitrogens with one attached hydrogen (secondary N) is 1. The minimum absolute atomic E-state index is 0.230. The van der Waals surface area contributed by atoms with E-state index in [-0.39, 0.29) is 12.1 Å². The van der Waals surface area contributed by atoms with E-state index in [1.165, 1.54) is 0 Å². The Labute approximate surface area is 141 Å². The van der Waals surface area contributed by atoms with Gasteiger partial charge in [0.25, 0.3) is 0 Å². The molecule has 1 N–H and O–H groups in total. The van der Waals surface area contributed by atoms with Gasteiger partial charge in [-0.2, -0.15) is 9.78 Å². The predicted octanol–water partition coefficient (Wildman–Crippen LogP) is 2.21. The van der Waals surface area contributed by atoms with Crippen molar-refractivity contribution in [1.82, 2.24) is 35.3 Å². The molecule has 126 valence electrons. The van der Waals surface area contributed by atoms with Crippen LogP contribution >= 0.6 is 0 Å². The van der Waals surface area contributed by atoms with Crippen molar-refractivity contribution in [2.75, 3.05) is 0 Å². The Morgan fingerprint density at radius 2 is 1.88 bits per heavy atom. The summed E-state index contributed by atoms with van der Waals surface area (Å²) in [5.41, 5.74) is 3.36. The molecule has 3 rings (SSSR count). The van der Waals surface area contributed by atoms with Crippen molar-refractivity contribution in [3.05, 3.63) is 53.6 Å². The standard InChI is InChI=1S/C17H23N7/c1-12-7-5-8-13(2)17(12)24-16(20-21-22-24)11-18-14(3)15(4)23-10-6-9-19-23/h5-10,14-15,18H,11H2,1-4H3/t14-,15-/m0/s1. The van der Waals surface area contributed by atoms with E-state index in [2.05, 4.69) is 65.8 Å². The Morgan fingerprint density at radius 1 is 1.12 bits per heavy atom. The van der Waals surface area contributed by atoms with Crippen LogP contribution in [0.5, 0.6) is 0 Å². The second-order valence-electron chi connectivity index (χ2n) is 6.14. The average Bonchev–Trinajstić information content (AvgIpc) is 3.23. The van der Waals surface area contributed by atoms with Gasteiger partial charge >= 0.3 is 0 Å². The van der Waals surface area contributed by atoms with Crippen molar-refractivity contribution in [1.29, 1.82) is 0 Å². The zero-order chi connectivity index (χ0) is 17.1. The summed E-state index contributed by atoms with van der Waals surface area (Å²) in [6, 6.07) is 8.60. The first-order chi connectivity index (χ1) is 11.6. The number of nitrogens with zero attached hydrogens (tertiary/aromatic N) is 6. The van der Waals surface area contributed by atoms with Gasteiger partial charge in [0, 0.05) is 18.4 Å². The fourth-order valence-corrected chi connectivity index (χ4v) is 2.80. The van der Waals surface area contributed by atoms with E-state index in [0.29, 0.717) is 6.54 Å². The number of hydrogen-bond acceptors (Lipinski definition) is 5. The van der Waals surface area contributed by atoms with Crippen molar-refractivity contribution in [2.24, 2.45) is 0 Å². The van der Waals surface area contributed by atoms with Crippen LogP contribution < -0.4 is 5.32 Å². The molecule has 1 aromatic carbocycles. The van der Waals surface area contributed by atoms with Gasteiger partial charge in [-0.15, -0.1) is 5.10 Å². The summed E-state index contributed by atoms with van der Waals surface area (Å²) in [5, 5.41) is 20.0. The molecule has 0 fully saturated rings. The lowest BCUT2D eigenvalue weighted by molar-refractivity contribution is 0.361. The Bertz CT molecular complexity index is 771. The molecule has 0 unspecified atom stereocenters. The van der Waals surface area contributed by atoms with Crippen LogP contribution in [0, 0.1) is 13.8 Å². The summed E-state index contributed by atoms with van der Waals surface area (Å²) in [7, 11) is 0. The summed E-state index contributed by atoms with van der Waals surface area (Å²) >= 11 is 0. The van der Waals surface area contributed by atoms with Crippen molar-refractivity contribution in [3.63, 3.8) is 0 Å². The molecule has 3 aromatic rings. The first kappa shape index (κ1) is 16.3. The molecule has 0 radical (unpaired) electrons. The maximum atomic E-state index is 4.30. The van der Waals surface area contributed by atoms with Crippen molar-refractivity contribution >= 4 is 0 Å². The topological polar surface area (TPSA) is 73.5 Å². The second kappa shape index (κ2) is 6.92. The summed E-state index contributed by atoms with van der Waals surface area (Å²) in [5.74, 6) is 0.798. The van der Waals surface area contributed by atoms with Crippen LogP contribution in [0.4, 0.5) is 0 Å². The highest BCUT2D eigenvalue weighted by molar-refractivity contribution is 5.46. The summed E-state index contributed by atoms with van der Waals surface area (Å²) in [4.78, 5) is 0. The van der Waals surface area contributed by atoms with Crippen LogP contribution in [-0.2, 0) is 6.54 Å². The highest BCUT2D eigenvalue weighted by atomic mass is 15.5. The highest BCUT2D eigenvalue weighted by Crippen LogP contribution is 2.18. The summed E-state index contributed by atoms with van der Waals surface area (Å²) in [6.07, 6.45) is 3.77. The lowest BCUT2D eigenvalue weighted by atomic mass is 10.1. The summed E-state index contributed by atoms with van der Waals surface area (Å²) in [6.45, 7) is 9.01. The van der Waals surface area contributed by atoms with Crippen molar-refractivity contribution in [2.45, 2.75) is 46.3 Å². The van der Waals surface area contributed by atoms with Gasteiger partial charge in [-0.25, -0.2) is 0 Å². The van der Waals surface area contributed by atoms with Crippen LogP contribution in [-0.4, -0.2) is 36.0 Å². The maximum absolute atomic E-state index is 4.30. The first-order valence-corrected chi connectivity index (χ1v) is 8.14. The van der Waals surface area contributed by atoms with Gasteiger partial charge in [-0.1, -0.05) is 18.2 Å². The third-order valence-corrected chi connectivity index (χ3v) is 4.43. The molecular weight excluding hydrogens is 302 g/mol. The summed E-state index contributed by atoms with van der Waals surface area (Å²) < 4.78 is 3.77. The van der Waals surface area contributed by atoms with Crippen molar-refractivity contribution in [3.8, 4) is 5.69 Å². The van der Waals surface area contributed by atoms with Gasteiger partial charge in [0.15, 0.2) is 5.82 Å². The fourth-order valence-electron chi connectivity index (χ4n) is 2.80. The Morgan fingerprint density at radius 3 is 2.54 bits per heavy atom. The lowest BCUT2D eigenvalue weighted by Gasteiger charge is -2.21. The third kappa shape index (κ3) is 3.21. The van der Waals surface area contributed by atoms with Crippen molar-refractivity contribution < 1.29 is 0 Å². The second-order valence-corrected chi connectivity index (χ2v) is 6.14. The Kier molecular flexibility index (Phi) is 4.71. The van der Waals surface area contributed by atoms with Crippen LogP contribution in [0.1, 0.15) is 36.8 Å². The van der Waals surface area contributed by atoms with Gasteiger partial charge in [-0.3, -0.25) is 4.68 Å². The smallest absolute Gasteiger partial charge is 0.170 e. The molecule has 0 spiro atoms. The lowest BCUT2D eigenvalue weighted by Crippen LogP contribution is -2.34. The van der Waals surface area contributed by atoms with E-state index in [1.54, 1.807) is 6.20 Å². The number of aromatic nitrogens is 6. The molecule has 7 nitrogen and oxygen atoms in total. The SMILES string of the molecule is Cc1cccc(C)c1-n1nnnc1CN[C@@H](C)[C@H](C)n1cccn1. The molecule has 0 saturated heterocycles. The molecule has 0 aliphatic rings. The number of benzene rings is 1. The Hall–Kier alpha value is -2.54. The molecule has 2 atom stereocenters. The number of aryl methyl sites for hydroxylation is 2. The van der Waals surface area contributed by atoms with Crippen LogP contribution in [0.2, 0.25) is 0 Å². The number of hydrogen-bond donors (Lipinski definition) is 1. The molecule has 24 heavy (non-hydrogen) atoms. The fraction of sp³-hybridized carbons (Fsp3) is 0.412. The molecule has 2 heterocycles. The van der Waals surface area contributed by atoms with Gasteiger partial charge in [0.1, 0.15) is 0 Å².